The van der Waals surface area contributed by atoms with Gasteiger partial charge in [-0.2, -0.15) is 0 Å². The summed E-state index contributed by atoms with van der Waals surface area (Å²) in [4.78, 5) is 31.2. The number of carbonyl (C=O) groups is 2. The maximum absolute atomic E-state index is 11.9. The molecule has 0 saturated carbocycles. The molecule has 2 amide bonds. The smallest absolute Gasteiger partial charge is 0.269 e. The third-order valence-corrected chi connectivity index (χ3v) is 4.23. The molecule has 0 radical (unpaired) electrons. The molecular weight excluding hydrogens is 340 g/mol. The van der Waals surface area contributed by atoms with Crippen LogP contribution in [0, 0.1) is 0 Å². The quantitative estimate of drug-likeness (QED) is 0.481. The molecule has 0 aliphatic rings. The van der Waals surface area contributed by atoms with Gasteiger partial charge in [0.1, 0.15) is 5.75 Å². The second kappa shape index (κ2) is 7.71. The minimum atomic E-state index is -0.366. The first kappa shape index (κ1) is 16.8. The normalized spacial score (nSPS) is 10.4. The molecule has 3 rings (SSSR count). The summed E-state index contributed by atoms with van der Waals surface area (Å²) < 4.78 is 5.16. The Morgan fingerprint density at radius 2 is 1.96 bits per heavy atom. The number of rotatable bonds is 5. The van der Waals surface area contributed by atoms with Gasteiger partial charge in [0.15, 0.2) is 5.16 Å². The largest absolute Gasteiger partial charge is 0.497 e. The number of imidazole rings is 1. The SMILES string of the molecule is COc1ccc2nc(SCC(=O)NNC(=O)c3ccccc3)[nH]c2c1. The monoisotopic (exact) mass is 356 g/mol. The fraction of sp³-hybridized carbons (Fsp3) is 0.118. The fourth-order valence-corrected chi connectivity index (χ4v) is 2.80. The summed E-state index contributed by atoms with van der Waals surface area (Å²) in [5.74, 6) is 0.155. The summed E-state index contributed by atoms with van der Waals surface area (Å²) >= 11 is 1.24. The highest BCUT2D eigenvalue weighted by atomic mass is 32.2. The van der Waals surface area contributed by atoms with Crippen molar-refractivity contribution in [2.75, 3.05) is 12.9 Å². The van der Waals surface area contributed by atoms with Crippen LogP contribution < -0.4 is 15.6 Å². The van der Waals surface area contributed by atoms with Crippen LogP contribution in [-0.4, -0.2) is 34.6 Å². The van der Waals surface area contributed by atoms with Gasteiger partial charge in [-0.25, -0.2) is 4.98 Å². The topological polar surface area (TPSA) is 96.1 Å². The fourth-order valence-electron chi connectivity index (χ4n) is 2.12. The van der Waals surface area contributed by atoms with Gasteiger partial charge in [-0.15, -0.1) is 0 Å². The molecule has 0 atom stereocenters. The number of carbonyl (C=O) groups excluding carboxylic acids is 2. The van der Waals surface area contributed by atoms with Crippen molar-refractivity contribution >= 4 is 34.6 Å². The van der Waals surface area contributed by atoms with E-state index in [1.807, 2.05) is 24.3 Å². The Morgan fingerprint density at radius 1 is 1.16 bits per heavy atom. The number of benzene rings is 2. The lowest BCUT2D eigenvalue weighted by Crippen LogP contribution is -2.42. The van der Waals surface area contributed by atoms with Crippen molar-refractivity contribution in [2.24, 2.45) is 0 Å². The first-order valence-electron chi connectivity index (χ1n) is 7.46. The van der Waals surface area contributed by atoms with Crippen molar-refractivity contribution in [2.45, 2.75) is 5.16 Å². The Balaban J connectivity index is 1.51. The zero-order valence-electron chi connectivity index (χ0n) is 13.4. The Kier molecular flexibility index (Phi) is 5.20. The predicted octanol–water partition coefficient (Wildman–Crippen LogP) is 2.12. The van der Waals surface area contributed by atoms with Crippen molar-refractivity contribution in [1.29, 1.82) is 0 Å². The maximum Gasteiger partial charge on any atom is 0.269 e. The number of nitrogens with zero attached hydrogens (tertiary/aromatic N) is 1. The molecule has 3 aromatic rings. The molecule has 2 aromatic carbocycles. The minimum absolute atomic E-state index is 0.117. The van der Waals surface area contributed by atoms with E-state index in [1.54, 1.807) is 31.4 Å². The number of hydrogen-bond donors (Lipinski definition) is 3. The van der Waals surface area contributed by atoms with E-state index < -0.39 is 0 Å². The summed E-state index contributed by atoms with van der Waals surface area (Å²) in [5, 5.41) is 0.618. The summed E-state index contributed by atoms with van der Waals surface area (Å²) in [6.45, 7) is 0. The van der Waals surface area contributed by atoms with Gasteiger partial charge in [-0.1, -0.05) is 30.0 Å². The number of aromatic amines is 1. The van der Waals surface area contributed by atoms with Gasteiger partial charge in [0.25, 0.3) is 5.91 Å². The third kappa shape index (κ3) is 4.30. The molecule has 0 saturated heterocycles. The van der Waals surface area contributed by atoms with Crippen LogP contribution in [-0.2, 0) is 4.79 Å². The second-order valence-corrected chi connectivity index (χ2v) is 6.05. The predicted molar refractivity (Wildman–Crippen MR) is 95.4 cm³/mol. The van der Waals surface area contributed by atoms with Crippen LogP contribution in [0.4, 0.5) is 0 Å². The molecule has 0 fully saturated rings. The van der Waals surface area contributed by atoms with Gasteiger partial charge >= 0.3 is 0 Å². The van der Waals surface area contributed by atoms with Crippen LogP contribution in [0.3, 0.4) is 0 Å². The van der Waals surface area contributed by atoms with Crippen molar-refractivity contribution in [1.82, 2.24) is 20.8 Å². The van der Waals surface area contributed by atoms with Crippen LogP contribution in [0.15, 0.2) is 53.7 Å². The van der Waals surface area contributed by atoms with E-state index in [-0.39, 0.29) is 17.6 Å². The van der Waals surface area contributed by atoms with Crippen molar-refractivity contribution in [3.05, 3.63) is 54.1 Å². The van der Waals surface area contributed by atoms with Crippen molar-refractivity contribution in [3.63, 3.8) is 0 Å². The zero-order chi connectivity index (χ0) is 17.6. The Bertz CT molecular complexity index is 895. The van der Waals surface area contributed by atoms with E-state index in [0.29, 0.717) is 10.7 Å². The van der Waals surface area contributed by atoms with Gasteiger partial charge in [-0.05, 0) is 24.3 Å². The number of amides is 2. The average Bonchev–Trinajstić information content (AvgIpc) is 3.07. The van der Waals surface area contributed by atoms with E-state index in [0.717, 1.165) is 16.8 Å². The van der Waals surface area contributed by atoms with Crippen molar-refractivity contribution in [3.8, 4) is 5.75 Å². The van der Waals surface area contributed by atoms with Crippen LogP contribution in [0.2, 0.25) is 0 Å². The molecule has 8 heteroatoms. The molecule has 0 spiro atoms. The van der Waals surface area contributed by atoms with Gasteiger partial charge in [-0.3, -0.25) is 20.4 Å². The summed E-state index contributed by atoms with van der Waals surface area (Å²) in [6.07, 6.45) is 0. The summed E-state index contributed by atoms with van der Waals surface area (Å²) in [6, 6.07) is 14.2. The Labute approximate surface area is 148 Å². The number of nitrogens with one attached hydrogen (secondary N) is 3. The van der Waals surface area contributed by atoms with E-state index in [9.17, 15) is 9.59 Å². The minimum Gasteiger partial charge on any atom is -0.497 e. The van der Waals surface area contributed by atoms with E-state index in [1.165, 1.54) is 11.8 Å². The molecule has 3 N–H and O–H groups in total. The number of thioether (sulfide) groups is 1. The molecular formula is C17H16N4O3S. The van der Waals surface area contributed by atoms with Gasteiger partial charge in [0, 0.05) is 11.6 Å². The van der Waals surface area contributed by atoms with Crippen LogP contribution in [0.1, 0.15) is 10.4 Å². The molecule has 7 nitrogen and oxygen atoms in total. The van der Waals surface area contributed by atoms with Gasteiger partial charge in [0.2, 0.25) is 5.91 Å². The molecule has 0 unspecified atom stereocenters. The number of ether oxygens (including phenoxy) is 1. The highest BCUT2D eigenvalue weighted by Crippen LogP contribution is 2.22. The molecule has 0 aliphatic heterocycles. The number of aromatic nitrogens is 2. The lowest BCUT2D eigenvalue weighted by Gasteiger charge is -2.06. The number of methoxy groups -OCH3 is 1. The van der Waals surface area contributed by atoms with E-state index in [4.69, 9.17) is 4.74 Å². The zero-order valence-corrected chi connectivity index (χ0v) is 14.2. The Morgan fingerprint density at radius 3 is 2.72 bits per heavy atom. The molecule has 0 bridgehead atoms. The van der Waals surface area contributed by atoms with Crippen LogP contribution in [0.5, 0.6) is 5.75 Å². The van der Waals surface area contributed by atoms with Crippen LogP contribution in [0.25, 0.3) is 11.0 Å². The standard InChI is InChI=1S/C17H16N4O3S/c1-24-12-7-8-13-14(9-12)19-17(18-13)25-10-15(22)20-21-16(23)11-5-3-2-4-6-11/h2-9H,10H2,1H3,(H,18,19)(H,20,22)(H,21,23). The number of H-pyrrole nitrogens is 1. The molecule has 1 aromatic heterocycles. The Hall–Kier alpha value is -3.00. The highest BCUT2D eigenvalue weighted by Gasteiger charge is 2.09. The van der Waals surface area contributed by atoms with Crippen LogP contribution >= 0.6 is 11.8 Å². The lowest BCUT2D eigenvalue weighted by atomic mass is 10.2. The third-order valence-electron chi connectivity index (χ3n) is 3.36. The molecule has 25 heavy (non-hydrogen) atoms. The number of hydrazine groups is 1. The van der Waals surface area contributed by atoms with Gasteiger partial charge in [0.05, 0.1) is 23.9 Å². The number of hydrogen-bond acceptors (Lipinski definition) is 5. The summed E-state index contributed by atoms with van der Waals surface area (Å²) in [7, 11) is 1.60. The second-order valence-electron chi connectivity index (χ2n) is 5.08. The highest BCUT2D eigenvalue weighted by molar-refractivity contribution is 7.99. The van der Waals surface area contributed by atoms with Gasteiger partial charge < -0.3 is 9.72 Å². The maximum atomic E-state index is 11.9. The number of fused-ring (bicyclic) bond motifs is 1. The molecule has 128 valence electrons. The first-order chi connectivity index (χ1) is 12.2. The summed E-state index contributed by atoms with van der Waals surface area (Å²) in [5.41, 5.74) is 6.86. The average molecular weight is 356 g/mol. The first-order valence-corrected chi connectivity index (χ1v) is 8.45. The van der Waals surface area contributed by atoms with E-state index >= 15 is 0 Å². The van der Waals surface area contributed by atoms with Crippen molar-refractivity contribution < 1.29 is 14.3 Å². The molecule has 1 heterocycles. The van der Waals surface area contributed by atoms with E-state index in [2.05, 4.69) is 20.8 Å². The lowest BCUT2D eigenvalue weighted by molar-refractivity contribution is -0.119. The molecule has 0 aliphatic carbocycles.